The van der Waals surface area contributed by atoms with Gasteiger partial charge in [0.1, 0.15) is 18.1 Å². The first kappa shape index (κ1) is 31.9. The first-order valence-corrected chi connectivity index (χ1v) is 12.1. The molecule has 0 aliphatic rings. The lowest BCUT2D eigenvalue weighted by molar-refractivity contribution is -0.142. The number of primary amides is 1. The van der Waals surface area contributed by atoms with E-state index in [2.05, 4.69) is 20.9 Å². The Balaban J connectivity index is 5.37. The summed E-state index contributed by atoms with van der Waals surface area (Å²) in [7, 11) is 0. The molecule has 4 amide bonds. The number of nitrogens with one attached hydrogen (secondary N) is 3. The number of carbonyl (C=O) groups excluding carboxylic acids is 4. The number of aliphatic carboxylic acids is 1. The van der Waals surface area contributed by atoms with Crippen LogP contribution in [0.5, 0.6) is 0 Å². The molecule has 35 heavy (non-hydrogen) atoms. The lowest BCUT2D eigenvalue weighted by Crippen LogP contribution is -2.60. The number of nitrogens with two attached hydrogens (primary N) is 4. The molecule has 0 heterocycles. The number of hydrogen-bond acceptors (Lipinski definition) is 9. The van der Waals surface area contributed by atoms with Crippen LogP contribution in [0.3, 0.4) is 0 Å². The van der Waals surface area contributed by atoms with Gasteiger partial charge in [-0.15, -0.1) is 0 Å². The van der Waals surface area contributed by atoms with E-state index in [9.17, 15) is 34.2 Å². The molecule has 0 radical (unpaired) electrons. The number of amides is 4. The second kappa shape index (κ2) is 16.5. The molecule has 0 aliphatic carbocycles. The fraction of sp³-hybridized carbons (Fsp3) is 0.684. The van der Waals surface area contributed by atoms with Crippen LogP contribution in [0.25, 0.3) is 0 Å². The van der Waals surface area contributed by atoms with Gasteiger partial charge in [0.2, 0.25) is 23.6 Å². The lowest BCUT2D eigenvalue weighted by atomic mass is 10.1. The number of aliphatic hydroxyl groups excluding tert-OH is 1. The minimum absolute atomic E-state index is 0.0462. The van der Waals surface area contributed by atoms with Crippen LogP contribution in [0.15, 0.2) is 4.99 Å². The third kappa shape index (κ3) is 13.4. The van der Waals surface area contributed by atoms with Crippen molar-refractivity contribution < 1.29 is 34.2 Å². The molecule has 0 aromatic carbocycles. The number of rotatable bonds is 17. The zero-order valence-electron chi connectivity index (χ0n) is 19.7. The Bertz CT molecular complexity index is 776. The molecule has 200 valence electrons. The Morgan fingerprint density at radius 2 is 1.54 bits per heavy atom. The Labute approximate surface area is 207 Å². The number of guanidine groups is 1. The molecule has 16 heteroatoms. The number of nitrogens with zero attached hydrogens (tertiary/aromatic N) is 1. The molecule has 13 N–H and O–H groups in total. The average Bonchev–Trinajstić information content (AvgIpc) is 2.75. The lowest BCUT2D eigenvalue weighted by Gasteiger charge is -2.26. The Morgan fingerprint density at radius 1 is 0.943 bits per heavy atom. The maximum absolute atomic E-state index is 12.7. The SMILES string of the molecule is CSCCC(N)C(=O)NC(C(=O)NC(CC(N)=O)C(=O)NC(CCCN=C(N)N)C(=O)O)C(C)O. The number of carboxylic acids is 1. The van der Waals surface area contributed by atoms with E-state index in [4.69, 9.17) is 22.9 Å². The highest BCUT2D eigenvalue weighted by Gasteiger charge is 2.33. The van der Waals surface area contributed by atoms with Crippen molar-refractivity contribution in [3.63, 3.8) is 0 Å². The van der Waals surface area contributed by atoms with Crippen molar-refractivity contribution in [2.75, 3.05) is 18.6 Å². The van der Waals surface area contributed by atoms with Gasteiger partial charge >= 0.3 is 5.97 Å². The molecular weight excluding hydrogens is 484 g/mol. The van der Waals surface area contributed by atoms with E-state index in [0.717, 1.165) is 0 Å². The zero-order valence-corrected chi connectivity index (χ0v) is 20.5. The van der Waals surface area contributed by atoms with Crippen molar-refractivity contribution in [2.45, 2.75) is 62.9 Å². The number of thioether (sulfide) groups is 1. The highest BCUT2D eigenvalue weighted by molar-refractivity contribution is 7.98. The van der Waals surface area contributed by atoms with Crippen LogP contribution in [-0.2, 0) is 24.0 Å². The van der Waals surface area contributed by atoms with E-state index in [1.165, 1.54) is 18.7 Å². The van der Waals surface area contributed by atoms with Crippen molar-refractivity contribution in [3.8, 4) is 0 Å². The number of aliphatic hydroxyl groups is 1. The monoisotopic (exact) mass is 520 g/mol. The fourth-order valence-corrected chi connectivity index (χ4v) is 3.24. The van der Waals surface area contributed by atoms with Crippen molar-refractivity contribution in [1.29, 1.82) is 0 Å². The van der Waals surface area contributed by atoms with Gasteiger partial charge in [0.05, 0.1) is 18.6 Å². The molecule has 15 nitrogen and oxygen atoms in total. The summed E-state index contributed by atoms with van der Waals surface area (Å²) < 4.78 is 0. The molecule has 0 aromatic heterocycles. The van der Waals surface area contributed by atoms with Crippen LogP contribution in [0, 0.1) is 0 Å². The van der Waals surface area contributed by atoms with E-state index >= 15 is 0 Å². The first-order chi connectivity index (χ1) is 16.3. The minimum atomic E-state index is -1.57. The molecule has 5 unspecified atom stereocenters. The van der Waals surface area contributed by atoms with Crippen LogP contribution in [0.4, 0.5) is 0 Å². The summed E-state index contributed by atoms with van der Waals surface area (Å²) in [6.07, 6.45) is 0.287. The fourth-order valence-electron chi connectivity index (χ4n) is 2.75. The largest absolute Gasteiger partial charge is 0.480 e. The summed E-state index contributed by atoms with van der Waals surface area (Å²) in [6.45, 7) is 1.36. The number of carboxylic acid groups (broad SMARTS) is 1. The normalized spacial score (nSPS) is 15.0. The van der Waals surface area contributed by atoms with Gasteiger partial charge in [-0.25, -0.2) is 4.79 Å². The molecule has 0 spiro atoms. The van der Waals surface area contributed by atoms with Gasteiger partial charge in [-0.2, -0.15) is 11.8 Å². The van der Waals surface area contributed by atoms with Crippen LogP contribution in [0.1, 0.15) is 32.6 Å². The molecule has 0 aromatic rings. The quantitative estimate of drug-likeness (QED) is 0.0505. The van der Waals surface area contributed by atoms with Crippen molar-refractivity contribution in [3.05, 3.63) is 0 Å². The Morgan fingerprint density at radius 3 is 2.03 bits per heavy atom. The van der Waals surface area contributed by atoms with E-state index in [1.54, 1.807) is 0 Å². The van der Waals surface area contributed by atoms with Crippen LogP contribution in [-0.4, -0.2) is 94.6 Å². The smallest absolute Gasteiger partial charge is 0.326 e. The predicted molar refractivity (Wildman–Crippen MR) is 130 cm³/mol. The van der Waals surface area contributed by atoms with E-state index in [-0.39, 0.29) is 25.3 Å². The molecule has 5 atom stereocenters. The molecule has 0 saturated heterocycles. The molecule has 0 saturated carbocycles. The second-order valence-electron chi connectivity index (χ2n) is 7.69. The maximum Gasteiger partial charge on any atom is 0.326 e. The van der Waals surface area contributed by atoms with Crippen molar-refractivity contribution in [2.24, 2.45) is 27.9 Å². The Kier molecular flexibility index (Phi) is 15.0. The van der Waals surface area contributed by atoms with Gasteiger partial charge in [-0.05, 0) is 38.2 Å². The molecular formula is C19H36N8O7S. The van der Waals surface area contributed by atoms with Gasteiger partial charge in [-0.3, -0.25) is 24.2 Å². The number of hydrogen-bond donors (Lipinski definition) is 9. The zero-order chi connectivity index (χ0) is 27.1. The predicted octanol–water partition coefficient (Wildman–Crippen LogP) is -4.08. The van der Waals surface area contributed by atoms with E-state index < -0.39 is 66.3 Å². The van der Waals surface area contributed by atoms with E-state index in [1.807, 2.05) is 6.26 Å². The average molecular weight is 521 g/mol. The summed E-state index contributed by atoms with van der Waals surface area (Å²) in [5.74, 6) is -4.58. The Hall–Kier alpha value is -3.11. The van der Waals surface area contributed by atoms with Crippen molar-refractivity contribution >= 4 is 47.3 Å². The van der Waals surface area contributed by atoms with Crippen LogP contribution < -0.4 is 38.9 Å². The van der Waals surface area contributed by atoms with Crippen LogP contribution >= 0.6 is 11.8 Å². The number of aliphatic imine (C=N–C) groups is 1. The maximum atomic E-state index is 12.7. The van der Waals surface area contributed by atoms with Gasteiger partial charge in [-0.1, -0.05) is 0 Å². The first-order valence-electron chi connectivity index (χ1n) is 10.7. The molecule has 0 fully saturated rings. The standard InChI is InChI=1S/C19H36N8O7S/c1-9(28)14(27-15(30)10(20)5-7-35-2)17(32)26-12(8-13(21)29)16(31)25-11(18(33)34)4-3-6-24-19(22)23/h9-12,14,28H,3-8,20H2,1-2H3,(H2,21,29)(H,25,31)(H,26,32)(H,27,30)(H,33,34)(H4,22,23,24). The second-order valence-corrected chi connectivity index (χ2v) is 8.68. The van der Waals surface area contributed by atoms with Gasteiger partial charge in [0.25, 0.3) is 0 Å². The summed E-state index contributed by atoms with van der Waals surface area (Å²) in [5, 5.41) is 26.1. The topological polar surface area (TPSA) is 278 Å². The summed E-state index contributed by atoms with van der Waals surface area (Å²) in [5.41, 5.74) is 21.3. The molecule has 0 bridgehead atoms. The van der Waals surface area contributed by atoms with Crippen LogP contribution in [0.2, 0.25) is 0 Å². The van der Waals surface area contributed by atoms with Gasteiger partial charge in [0.15, 0.2) is 5.96 Å². The minimum Gasteiger partial charge on any atom is -0.480 e. The highest BCUT2D eigenvalue weighted by Crippen LogP contribution is 2.04. The van der Waals surface area contributed by atoms with Gasteiger partial charge in [0, 0.05) is 6.54 Å². The van der Waals surface area contributed by atoms with Gasteiger partial charge < -0.3 is 49.1 Å². The third-order valence-electron chi connectivity index (χ3n) is 4.63. The number of carbonyl (C=O) groups is 5. The summed E-state index contributed by atoms with van der Waals surface area (Å²) in [6, 6.07) is -5.37. The highest BCUT2D eigenvalue weighted by atomic mass is 32.2. The molecule has 0 rings (SSSR count). The third-order valence-corrected chi connectivity index (χ3v) is 5.27. The summed E-state index contributed by atoms with van der Waals surface area (Å²) >= 11 is 1.47. The van der Waals surface area contributed by atoms with Crippen molar-refractivity contribution in [1.82, 2.24) is 16.0 Å². The molecule has 0 aliphatic heterocycles. The summed E-state index contributed by atoms with van der Waals surface area (Å²) in [4.78, 5) is 64.4. The van der Waals surface area contributed by atoms with E-state index in [0.29, 0.717) is 12.2 Å².